The molecule has 2 aromatic rings. The maximum Gasteiger partial charge on any atom is 0.133 e. The fourth-order valence-corrected chi connectivity index (χ4v) is 2.23. The SMILES string of the molecule is Cc1cc(Oc2ccc(Br)cc2CO)ccc1Br. The van der Waals surface area contributed by atoms with Crippen molar-refractivity contribution < 1.29 is 9.84 Å². The van der Waals surface area contributed by atoms with Crippen molar-refractivity contribution in [2.24, 2.45) is 0 Å². The first-order chi connectivity index (χ1) is 8.60. The molecule has 2 rings (SSSR count). The molecule has 2 aromatic carbocycles. The molecule has 0 fully saturated rings. The molecule has 0 saturated carbocycles. The molecule has 0 spiro atoms. The fourth-order valence-electron chi connectivity index (χ4n) is 1.58. The van der Waals surface area contributed by atoms with E-state index in [-0.39, 0.29) is 6.61 Å². The first-order valence-electron chi connectivity index (χ1n) is 5.43. The molecular formula is C14H12Br2O2. The quantitative estimate of drug-likeness (QED) is 0.839. The summed E-state index contributed by atoms with van der Waals surface area (Å²) in [5, 5.41) is 9.31. The summed E-state index contributed by atoms with van der Waals surface area (Å²) in [6.45, 7) is 1.95. The zero-order valence-electron chi connectivity index (χ0n) is 9.78. The van der Waals surface area contributed by atoms with E-state index in [1.54, 1.807) is 0 Å². The summed E-state index contributed by atoms with van der Waals surface area (Å²) < 4.78 is 7.76. The number of ether oxygens (including phenoxy) is 1. The van der Waals surface area contributed by atoms with Gasteiger partial charge in [0.25, 0.3) is 0 Å². The van der Waals surface area contributed by atoms with Crippen molar-refractivity contribution in [3.8, 4) is 11.5 Å². The van der Waals surface area contributed by atoms with E-state index in [0.717, 1.165) is 25.8 Å². The van der Waals surface area contributed by atoms with E-state index in [4.69, 9.17) is 4.74 Å². The minimum atomic E-state index is -0.0513. The molecule has 0 aliphatic rings. The van der Waals surface area contributed by atoms with Gasteiger partial charge in [0.15, 0.2) is 0 Å². The summed E-state index contributed by atoms with van der Waals surface area (Å²) in [6.07, 6.45) is 0. The van der Waals surface area contributed by atoms with Gasteiger partial charge < -0.3 is 9.84 Å². The molecule has 0 radical (unpaired) electrons. The van der Waals surface area contributed by atoms with Gasteiger partial charge in [0, 0.05) is 14.5 Å². The average Bonchev–Trinajstić information content (AvgIpc) is 2.36. The molecule has 0 atom stereocenters. The third-order valence-corrected chi connectivity index (χ3v) is 3.93. The van der Waals surface area contributed by atoms with Crippen LogP contribution in [0.3, 0.4) is 0 Å². The van der Waals surface area contributed by atoms with Crippen LogP contribution < -0.4 is 4.74 Å². The summed E-state index contributed by atoms with van der Waals surface area (Å²) >= 11 is 6.82. The second-order valence-corrected chi connectivity index (χ2v) is 5.69. The minimum Gasteiger partial charge on any atom is -0.457 e. The van der Waals surface area contributed by atoms with Gasteiger partial charge in [0.2, 0.25) is 0 Å². The van der Waals surface area contributed by atoms with Crippen LogP contribution >= 0.6 is 31.9 Å². The van der Waals surface area contributed by atoms with Gasteiger partial charge in [-0.25, -0.2) is 0 Å². The normalized spacial score (nSPS) is 10.4. The van der Waals surface area contributed by atoms with Crippen LogP contribution in [0.2, 0.25) is 0 Å². The van der Waals surface area contributed by atoms with Crippen LogP contribution in [-0.4, -0.2) is 5.11 Å². The van der Waals surface area contributed by atoms with Crippen LogP contribution in [0.5, 0.6) is 11.5 Å². The number of halogens is 2. The zero-order chi connectivity index (χ0) is 13.1. The number of aryl methyl sites for hydroxylation is 1. The molecule has 0 unspecified atom stereocenters. The van der Waals surface area contributed by atoms with E-state index in [0.29, 0.717) is 5.75 Å². The maximum absolute atomic E-state index is 9.31. The van der Waals surface area contributed by atoms with Crippen molar-refractivity contribution in [2.75, 3.05) is 0 Å². The number of hydrogen-bond donors (Lipinski definition) is 1. The van der Waals surface area contributed by atoms with Gasteiger partial charge in [-0.3, -0.25) is 0 Å². The summed E-state index contributed by atoms with van der Waals surface area (Å²) in [5.74, 6) is 1.43. The Bertz CT molecular complexity index is 568. The predicted molar refractivity (Wildman–Crippen MR) is 79.0 cm³/mol. The maximum atomic E-state index is 9.31. The number of rotatable bonds is 3. The zero-order valence-corrected chi connectivity index (χ0v) is 13.0. The number of hydrogen-bond acceptors (Lipinski definition) is 2. The van der Waals surface area contributed by atoms with Crippen molar-refractivity contribution in [3.63, 3.8) is 0 Å². The summed E-state index contributed by atoms with van der Waals surface area (Å²) in [4.78, 5) is 0. The summed E-state index contributed by atoms with van der Waals surface area (Å²) in [7, 11) is 0. The number of aliphatic hydroxyl groups is 1. The molecule has 0 aromatic heterocycles. The molecule has 0 amide bonds. The summed E-state index contributed by atoms with van der Waals surface area (Å²) in [5.41, 5.74) is 1.86. The van der Waals surface area contributed by atoms with Gasteiger partial charge in [-0.05, 0) is 48.9 Å². The van der Waals surface area contributed by atoms with E-state index in [2.05, 4.69) is 31.9 Å². The molecule has 0 aliphatic heterocycles. The molecule has 0 saturated heterocycles. The van der Waals surface area contributed by atoms with Crippen molar-refractivity contribution >= 4 is 31.9 Å². The Morgan fingerprint density at radius 1 is 1.11 bits per heavy atom. The number of benzene rings is 2. The minimum absolute atomic E-state index is 0.0513. The molecule has 0 heterocycles. The second-order valence-electron chi connectivity index (χ2n) is 3.92. The van der Waals surface area contributed by atoms with E-state index in [1.165, 1.54) is 0 Å². The Morgan fingerprint density at radius 2 is 1.89 bits per heavy atom. The van der Waals surface area contributed by atoms with Gasteiger partial charge in [0.05, 0.1) is 6.61 Å². The average molecular weight is 372 g/mol. The molecule has 4 heteroatoms. The van der Waals surface area contributed by atoms with Crippen molar-refractivity contribution in [2.45, 2.75) is 13.5 Å². The molecule has 94 valence electrons. The van der Waals surface area contributed by atoms with Gasteiger partial charge in [-0.15, -0.1) is 0 Å². The van der Waals surface area contributed by atoms with Gasteiger partial charge in [-0.1, -0.05) is 31.9 Å². The van der Waals surface area contributed by atoms with Gasteiger partial charge in [-0.2, -0.15) is 0 Å². The van der Waals surface area contributed by atoms with Crippen LogP contribution in [0.25, 0.3) is 0 Å². The lowest BCUT2D eigenvalue weighted by atomic mass is 10.2. The van der Waals surface area contributed by atoms with Gasteiger partial charge >= 0.3 is 0 Å². The smallest absolute Gasteiger partial charge is 0.133 e. The van der Waals surface area contributed by atoms with Crippen LogP contribution in [0.15, 0.2) is 45.3 Å². The lowest BCUT2D eigenvalue weighted by molar-refractivity contribution is 0.276. The molecule has 0 aliphatic carbocycles. The van der Waals surface area contributed by atoms with Crippen LogP contribution in [0.4, 0.5) is 0 Å². The monoisotopic (exact) mass is 370 g/mol. The van der Waals surface area contributed by atoms with E-state index < -0.39 is 0 Å². The standard InChI is InChI=1S/C14H12Br2O2/c1-9-6-12(3-4-13(9)16)18-14-5-2-11(15)7-10(14)8-17/h2-7,17H,8H2,1H3. The predicted octanol–water partition coefficient (Wildman–Crippen LogP) is 4.80. The van der Waals surface area contributed by atoms with Crippen molar-refractivity contribution in [1.29, 1.82) is 0 Å². The molecule has 2 nitrogen and oxygen atoms in total. The Hall–Kier alpha value is -0.840. The first kappa shape index (κ1) is 13.6. The van der Waals surface area contributed by atoms with E-state index >= 15 is 0 Å². The van der Waals surface area contributed by atoms with Crippen LogP contribution in [0.1, 0.15) is 11.1 Å². The fraction of sp³-hybridized carbons (Fsp3) is 0.143. The molecular weight excluding hydrogens is 360 g/mol. The third kappa shape index (κ3) is 3.13. The Kier molecular flexibility index (Phi) is 4.43. The molecule has 18 heavy (non-hydrogen) atoms. The number of aliphatic hydroxyl groups excluding tert-OH is 1. The highest BCUT2D eigenvalue weighted by Crippen LogP contribution is 2.30. The second kappa shape index (κ2) is 5.87. The first-order valence-corrected chi connectivity index (χ1v) is 7.02. The summed E-state index contributed by atoms with van der Waals surface area (Å²) in [6, 6.07) is 11.4. The topological polar surface area (TPSA) is 29.5 Å². The van der Waals surface area contributed by atoms with Crippen molar-refractivity contribution in [1.82, 2.24) is 0 Å². The Balaban J connectivity index is 2.30. The molecule has 0 bridgehead atoms. The highest BCUT2D eigenvalue weighted by molar-refractivity contribution is 9.10. The largest absolute Gasteiger partial charge is 0.457 e. The Morgan fingerprint density at radius 3 is 2.56 bits per heavy atom. The van der Waals surface area contributed by atoms with Crippen molar-refractivity contribution in [3.05, 3.63) is 56.5 Å². The Labute approximate surface area is 123 Å². The molecule has 1 N–H and O–H groups in total. The third-order valence-electron chi connectivity index (χ3n) is 2.55. The van der Waals surface area contributed by atoms with E-state index in [9.17, 15) is 5.11 Å². The highest BCUT2D eigenvalue weighted by atomic mass is 79.9. The highest BCUT2D eigenvalue weighted by Gasteiger charge is 2.06. The van der Waals surface area contributed by atoms with E-state index in [1.807, 2.05) is 43.3 Å². The lowest BCUT2D eigenvalue weighted by Crippen LogP contribution is -1.92. The van der Waals surface area contributed by atoms with Crippen LogP contribution in [-0.2, 0) is 6.61 Å². The van der Waals surface area contributed by atoms with Crippen LogP contribution in [0, 0.1) is 6.92 Å². The van der Waals surface area contributed by atoms with Gasteiger partial charge in [0.1, 0.15) is 11.5 Å². The lowest BCUT2D eigenvalue weighted by Gasteiger charge is -2.11.